The molecular weight excluding hydrogens is 554 g/mol. The number of halogens is 5. The van der Waals surface area contributed by atoms with Gasteiger partial charge >= 0.3 is 0 Å². The molecule has 1 aromatic carbocycles. The Bertz CT molecular complexity index is 1300. The van der Waals surface area contributed by atoms with E-state index in [1.165, 1.54) is 4.90 Å². The fourth-order valence-corrected chi connectivity index (χ4v) is 4.63. The van der Waals surface area contributed by atoms with Crippen LogP contribution < -0.4 is 15.0 Å². The van der Waals surface area contributed by atoms with E-state index in [0.29, 0.717) is 22.9 Å². The Morgan fingerprint density at radius 1 is 1.12 bits per heavy atom. The van der Waals surface area contributed by atoms with E-state index < -0.39 is 0 Å². The second kappa shape index (κ2) is 9.37. The second-order valence-corrected chi connectivity index (χ2v) is 9.17. The maximum Gasteiger partial charge on any atom is 0.281 e. The molecule has 0 spiro atoms. The average molecular weight is 567 g/mol. The summed E-state index contributed by atoms with van der Waals surface area (Å²) in [5.74, 6) is 0.592. The van der Waals surface area contributed by atoms with Crippen LogP contribution in [0.25, 0.3) is 6.08 Å². The molecule has 1 aliphatic heterocycles. The van der Waals surface area contributed by atoms with E-state index in [9.17, 15) is 4.79 Å². The lowest BCUT2D eigenvalue weighted by Crippen LogP contribution is -2.30. The van der Waals surface area contributed by atoms with Crippen molar-refractivity contribution in [3.63, 3.8) is 0 Å². The van der Waals surface area contributed by atoms with Crippen molar-refractivity contribution < 1.29 is 13.9 Å². The van der Waals surface area contributed by atoms with E-state index in [-0.39, 0.29) is 54.2 Å². The van der Waals surface area contributed by atoms with Crippen molar-refractivity contribution >= 4 is 93.0 Å². The second-order valence-electron chi connectivity index (χ2n) is 6.89. The SMILES string of the molecule is Cc1nn(C)cc1N1C(=O)/C(=C\c2ccc(COc3c(Cl)c(Cl)c(Cl)c(Cl)c3Cl)o2)NC1=S. The zero-order valence-corrected chi connectivity index (χ0v) is 21.5. The molecule has 172 valence electrons. The number of carbonyl (C=O) groups excluding carboxylic acids is 1. The van der Waals surface area contributed by atoms with Crippen LogP contribution in [0.3, 0.4) is 0 Å². The summed E-state index contributed by atoms with van der Waals surface area (Å²) in [5, 5.41) is 7.56. The highest BCUT2D eigenvalue weighted by Crippen LogP contribution is 2.48. The van der Waals surface area contributed by atoms with Gasteiger partial charge in [-0.25, -0.2) is 4.90 Å². The number of benzene rings is 1. The number of hydrogen-bond acceptors (Lipinski definition) is 5. The van der Waals surface area contributed by atoms with Gasteiger partial charge in [0, 0.05) is 19.3 Å². The molecule has 1 N–H and O–H groups in total. The van der Waals surface area contributed by atoms with Crippen LogP contribution in [0.4, 0.5) is 5.69 Å². The first-order chi connectivity index (χ1) is 15.6. The number of thiocarbonyl (C=S) groups is 1. The summed E-state index contributed by atoms with van der Waals surface area (Å²) in [6.07, 6.45) is 3.26. The molecule has 0 unspecified atom stereocenters. The molecule has 0 radical (unpaired) electrons. The molecular formula is C20H13Cl5N4O3S. The minimum Gasteiger partial charge on any atom is -0.482 e. The molecule has 3 heterocycles. The lowest BCUT2D eigenvalue weighted by atomic mass is 10.3. The van der Waals surface area contributed by atoms with Crippen molar-refractivity contribution in [2.24, 2.45) is 7.05 Å². The van der Waals surface area contributed by atoms with Crippen LogP contribution in [0.2, 0.25) is 25.1 Å². The molecule has 2 aromatic heterocycles. The molecule has 0 atom stereocenters. The van der Waals surface area contributed by atoms with Crippen molar-refractivity contribution in [2.45, 2.75) is 13.5 Å². The number of amides is 1. The molecule has 7 nitrogen and oxygen atoms in total. The molecule has 3 aromatic rings. The zero-order valence-electron chi connectivity index (χ0n) is 16.9. The molecule has 4 rings (SSSR count). The maximum absolute atomic E-state index is 12.9. The Kier molecular flexibility index (Phi) is 6.87. The van der Waals surface area contributed by atoms with Crippen LogP contribution in [0.15, 0.2) is 28.4 Å². The summed E-state index contributed by atoms with van der Waals surface area (Å²) in [7, 11) is 1.77. The highest BCUT2D eigenvalue weighted by atomic mass is 35.5. The lowest BCUT2D eigenvalue weighted by molar-refractivity contribution is -0.113. The van der Waals surface area contributed by atoms with Gasteiger partial charge in [0.05, 0.1) is 26.4 Å². The minimum absolute atomic E-state index is 0.0301. The predicted molar refractivity (Wildman–Crippen MR) is 134 cm³/mol. The molecule has 0 saturated carbocycles. The number of anilines is 1. The summed E-state index contributed by atoms with van der Waals surface area (Å²) < 4.78 is 13.0. The van der Waals surface area contributed by atoms with Crippen molar-refractivity contribution in [1.82, 2.24) is 15.1 Å². The van der Waals surface area contributed by atoms with Crippen molar-refractivity contribution in [2.75, 3.05) is 4.90 Å². The maximum atomic E-state index is 12.9. The van der Waals surface area contributed by atoms with Crippen LogP contribution in [-0.4, -0.2) is 20.8 Å². The minimum atomic E-state index is -0.325. The Balaban J connectivity index is 1.51. The normalized spacial score (nSPS) is 15.0. The fraction of sp³-hybridized carbons (Fsp3) is 0.150. The largest absolute Gasteiger partial charge is 0.482 e. The summed E-state index contributed by atoms with van der Waals surface area (Å²) in [5.41, 5.74) is 1.53. The first kappa shape index (κ1) is 24.2. The number of aryl methyl sites for hydroxylation is 2. The molecule has 1 saturated heterocycles. The molecule has 1 aliphatic rings. The standard InChI is InChI=1S/C20H13Cl5N4O3S/c1-8-12(6-28(2)27-8)29-19(30)11(26-20(29)33)5-9-3-4-10(32-9)7-31-18-16(24)14(22)13(21)15(23)17(18)25/h3-6H,7H2,1-2H3,(H,26,33)/b11-5+. The zero-order chi connectivity index (χ0) is 24.0. The van der Waals surface area contributed by atoms with E-state index in [0.717, 1.165) is 0 Å². The van der Waals surface area contributed by atoms with Gasteiger partial charge in [0.25, 0.3) is 5.91 Å². The number of carbonyl (C=O) groups is 1. The molecule has 33 heavy (non-hydrogen) atoms. The lowest BCUT2D eigenvalue weighted by Gasteiger charge is -2.12. The quantitative estimate of drug-likeness (QED) is 0.166. The first-order valence-electron chi connectivity index (χ1n) is 9.18. The van der Waals surface area contributed by atoms with Crippen LogP contribution >= 0.6 is 70.2 Å². The van der Waals surface area contributed by atoms with E-state index in [1.54, 1.807) is 43.1 Å². The van der Waals surface area contributed by atoms with Crippen LogP contribution in [0.5, 0.6) is 5.75 Å². The highest BCUT2D eigenvalue weighted by molar-refractivity contribution is 7.80. The van der Waals surface area contributed by atoms with Gasteiger partial charge in [-0.15, -0.1) is 0 Å². The Morgan fingerprint density at radius 3 is 2.36 bits per heavy atom. The molecule has 13 heteroatoms. The van der Waals surface area contributed by atoms with Gasteiger partial charge in [0.1, 0.15) is 33.9 Å². The number of rotatable bonds is 5. The van der Waals surface area contributed by atoms with E-state index in [1.807, 2.05) is 0 Å². The molecule has 0 aliphatic carbocycles. The van der Waals surface area contributed by atoms with E-state index in [4.69, 9.17) is 79.4 Å². The van der Waals surface area contributed by atoms with E-state index >= 15 is 0 Å². The van der Waals surface area contributed by atoms with Crippen LogP contribution in [0, 0.1) is 6.92 Å². The number of nitrogens with zero attached hydrogens (tertiary/aromatic N) is 3. The van der Waals surface area contributed by atoms with Crippen molar-refractivity contribution in [3.05, 3.63) is 66.4 Å². The molecule has 1 amide bonds. The topological polar surface area (TPSA) is 72.5 Å². The Hall–Kier alpha value is -1.94. The smallest absolute Gasteiger partial charge is 0.281 e. The third-order valence-electron chi connectivity index (χ3n) is 4.60. The number of ether oxygens (including phenoxy) is 1. The number of aromatic nitrogens is 2. The third kappa shape index (κ3) is 4.56. The first-order valence-corrected chi connectivity index (χ1v) is 11.5. The van der Waals surface area contributed by atoms with Gasteiger partial charge in [0.15, 0.2) is 10.9 Å². The van der Waals surface area contributed by atoms with E-state index in [2.05, 4.69) is 10.4 Å². The predicted octanol–water partition coefficient (Wildman–Crippen LogP) is 6.43. The molecule has 0 bridgehead atoms. The van der Waals surface area contributed by atoms with Crippen LogP contribution in [0.1, 0.15) is 17.2 Å². The average Bonchev–Trinajstić information content (AvgIpc) is 3.43. The van der Waals surface area contributed by atoms with Gasteiger partial charge in [-0.1, -0.05) is 58.0 Å². The summed E-state index contributed by atoms with van der Waals surface area (Å²) in [4.78, 5) is 14.3. The van der Waals surface area contributed by atoms with Crippen molar-refractivity contribution in [1.29, 1.82) is 0 Å². The van der Waals surface area contributed by atoms with Crippen molar-refractivity contribution in [3.8, 4) is 5.75 Å². The summed E-state index contributed by atoms with van der Waals surface area (Å²) in [6.45, 7) is 1.77. The van der Waals surface area contributed by atoms with Gasteiger partial charge in [0.2, 0.25) is 0 Å². The summed E-state index contributed by atoms with van der Waals surface area (Å²) in [6, 6.07) is 3.35. The highest BCUT2D eigenvalue weighted by Gasteiger charge is 2.34. The van der Waals surface area contributed by atoms with Gasteiger partial charge in [-0.3, -0.25) is 9.48 Å². The van der Waals surface area contributed by atoms with Gasteiger partial charge in [-0.05, 0) is 31.3 Å². The third-order valence-corrected chi connectivity index (χ3v) is 7.13. The monoisotopic (exact) mass is 564 g/mol. The fourth-order valence-electron chi connectivity index (χ4n) is 3.11. The molecule has 1 fully saturated rings. The number of hydrogen-bond donors (Lipinski definition) is 1. The number of furan rings is 1. The van der Waals surface area contributed by atoms with Gasteiger partial charge in [-0.2, -0.15) is 5.10 Å². The number of nitrogens with one attached hydrogen (secondary N) is 1. The van der Waals surface area contributed by atoms with Gasteiger partial charge < -0.3 is 14.5 Å². The summed E-state index contributed by atoms with van der Waals surface area (Å²) >= 11 is 35.8. The Labute approximate surface area is 218 Å². The van der Waals surface area contributed by atoms with Crippen LogP contribution in [-0.2, 0) is 18.4 Å². The Morgan fingerprint density at radius 2 is 1.76 bits per heavy atom.